The first-order valence-electron chi connectivity index (χ1n) is 11.9. The van der Waals surface area contributed by atoms with Crippen molar-refractivity contribution < 1.29 is 14.3 Å². The van der Waals surface area contributed by atoms with Crippen LogP contribution in [0.15, 0.2) is 48.5 Å². The first kappa shape index (κ1) is 23.2. The third kappa shape index (κ3) is 5.53. The number of hydrogen-bond acceptors (Lipinski definition) is 4. The van der Waals surface area contributed by atoms with Gasteiger partial charge in [-0.15, -0.1) is 0 Å². The average molecular weight is 447 g/mol. The van der Waals surface area contributed by atoms with E-state index in [0.29, 0.717) is 19.7 Å². The number of benzene rings is 2. The Morgan fingerprint density at radius 3 is 2.61 bits per heavy atom. The Hall–Kier alpha value is -2.92. The van der Waals surface area contributed by atoms with Crippen LogP contribution >= 0.6 is 0 Å². The van der Waals surface area contributed by atoms with Crippen molar-refractivity contribution in [3.63, 3.8) is 0 Å². The highest BCUT2D eigenvalue weighted by Crippen LogP contribution is 2.31. The van der Waals surface area contributed by atoms with Crippen molar-refractivity contribution in [1.29, 1.82) is 0 Å². The molecule has 1 saturated carbocycles. The molecule has 1 amide bonds. The number of fused-ring (bicyclic) bond motifs is 1. The summed E-state index contributed by atoms with van der Waals surface area (Å²) in [5, 5.41) is 1.04. The Bertz CT molecular complexity index is 1110. The van der Waals surface area contributed by atoms with Crippen molar-refractivity contribution in [1.82, 2.24) is 9.88 Å². The highest BCUT2D eigenvalue weighted by molar-refractivity contribution is 5.85. The van der Waals surface area contributed by atoms with E-state index in [1.807, 2.05) is 23.1 Å². The molecule has 0 unspecified atom stereocenters. The van der Waals surface area contributed by atoms with Gasteiger partial charge in [0.1, 0.15) is 5.75 Å². The van der Waals surface area contributed by atoms with Gasteiger partial charge >= 0.3 is 0 Å². The van der Waals surface area contributed by atoms with E-state index < -0.39 is 0 Å². The third-order valence-electron chi connectivity index (χ3n) is 6.59. The fourth-order valence-corrected chi connectivity index (χ4v) is 4.76. The molecule has 174 valence electrons. The van der Waals surface area contributed by atoms with Crippen LogP contribution in [0.1, 0.15) is 43.2 Å². The zero-order valence-corrected chi connectivity index (χ0v) is 20.0. The second kappa shape index (κ2) is 10.8. The maximum absolute atomic E-state index is 13.5. The Morgan fingerprint density at radius 1 is 1.06 bits per heavy atom. The quantitative estimate of drug-likeness (QED) is 0.440. The third-order valence-corrected chi connectivity index (χ3v) is 6.59. The van der Waals surface area contributed by atoms with Crippen LogP contribution in [-0.4, -0.2) is 43.2 Å². The summed E-state index contributed by atoms with van der Waals surface area (Å²) in [6, 6.07) is 16.5. The number of carbonyl (C=O) groups excluding carboxylic acids is 1. The van der Waals surface area contributed by atoms with Crippen LogP contribution in [-0.2, 0) is 16.1 Å². The molecule has 1 heterocycles. The molecular weight excluding hydrogens is 412 g/mol. The lowest BCUT2D eigenvalue weighted by Crippen LogP contribution is -2.38. The van der Waals surface area contributed by atoms with Gasteiger partial charge in [-0.2, -0.15) is 0 Å². The fraction of sp³-hybridized carbons (Fsp3) is 0.429. The van der Waals surface area contributed by atoms with Gasteiger partial charge in [-0.25, -0.2) is 4.98 Å². The molecule has 5 heteroatoms. The molecule has 0 N–H and O–H groups in total. The standard InChI is InChI=1S/C28H34N2O3/c1-20-8-7-11-23(16-20)27-24(17-22-12-13-25(33-3)18-26(22)29-27)19-30(14-15-32-2)28(31)21-9-5-4-6-10-21/h7-8,11-13,16-18,21H,4-6,9-10,14-15,19H2,1-3H3. The van der Waals surface area contributed by atoms with E-state index >= 15 is 0 Å². The fourth-order valence-electron chi connectivity index (χ4n) is 4.76. The molecule has 4 rings (SSSR count). The number of hydrogen-bond donors (Lipinski definition) is 0. The number of methoxy groups -OCH3 is 2. The van der Waals surface area contributed by atoms with Gasteiger partial charge in [0.25, 0.3) is 0 Å². The summed E-state index contributed by atoms with van der Waals surface area (Å²) in [7, 11) is 3.36. The highest BCUT2D eigenvalue weighted by atomic mass is 16.5. The Morgan fingerprint density at radius 2 is 1.88 bits per heavy atom. The van der Waals surface area contributed by atoms with Gasteiger partial charge in [0.15, 0.2) is 0 Å². The minimum Gasteiger partial charge on any atom is -0.497 e. The van der Waals surface area contributed by atoms with E-state index in [1.165, 1.54) is 12.0 Å². The van der Waals surface area contributed by atoms with E-state index in [9.17, 15) is 4.79 Å². The largest absolute Gasteiger partial charge is 0.497 e. The Kier molecular flexibility index (Phi) is 7.61. The molecule has 1 fully saturated rings. The predicted octanol–water partition coefficient (Wildman–Crippen LogP) is 5.77. The molecule has 0 radical (unpaired) electrons. The Labute approximate surface area is 196 Å². The van der Waals surface area contributed by atoms with Crippen molar-refractivity contribution in [3.8, 4) is 17.0 Å². The summed E-state index contributed by atoms with van der Waals surface area (Å²) >= 11 is 0. The number of rotatable bonds is 8. The van der Waals surface area contributed by atoms with Crippen molar-refractivity contribution >= 4 is 16.8 Å². The lowest BCUT2D eigenvalue weighted by molar-refractivity contribution is -0.137. The van der Waals surface area contributed by atoms with Gasteiger partial charge in [0.2, 0.25) is 5.91 Å². The summed E-state index contributed by atoms with van der Waals surface area (Å²) in [5.74, 6) is 1.15. The topological polar surface area (TPSA) is 51.7 Å². The van der Waals surface area contributed by atoms with E-state index in [1.54, 1.807) is 14.2 Å². The van der Waals surface area contributed by atoms with Gasteiger partial charge in [0, 0.05) is 43.1 Å². The zero-order chi connectivity index (χ0) is 23.2. The molecule has 33 heavy (non-hydrogen) atoms. The molecule has 5 nitrogen and oxygen atoms in total. The van der Waals surface area contributed by atoms with Crippen LogP contribution in [0, 0.1) is 12.8 Å². The first-order valence-corrected chi connectivity index (χ1v) is 11.9. The molecular formula is C28H34N2O3. The molecule has 0 bridgehead atoms. The molecule has 0 saturated heterocycles. The number of aryl methyl sites for hydroxylation is 1. The van der Waals surface area contributed by atoms with Crippen molar-refractivity contribution in [2.75, 3.05) is 27.4 Å². The van der Waals surface area contributed by atoms with Crippen molar-refractivity contribution in [3.05, 3.63) is 59.7 Å². The molecule has 1 aliphatic rings. The molecule has 0 atom stereocenters. The van der Waals surface area contributed by atoms with E-state index in [2.05, 4.69) is 37.3 Å². The van der Waals surface area contributed by atoms with Gasteiger partial charge < -0.3 is 14.4 Å². The summed E-state index contributed by atoms with van der Waals surface area (Å²) in [6.07, 6.45) is 5.49. The summed E-state index contributed by atoms with van der Waals surface area (Å²) in [5.41, 5.74) is 5.10. The van der Waals surface area contributed by atoms with Crippen LogP contribution in [0.2, 0.25) is 0 Å². The number of aromatic nitrogens is 1. The number of nitrogens with zero attached hydrogens (tertiary/aromatic N) is 2. The molecule has 3 aromatic rings. The van der Waals surface area contributed by atoms with Gasteiger partial charge in [-0.1, -0.05) is 43.0 Å². The number of ether oxygens (including phenoxy) is 2. The van der Waals surface area contributed by atoms with Gasteiger partial charge in [0.05, 0.1) is 24.9 Å². The number of amides is 1. The van der Waals surface area contributed by atoms with Crippen LogP contribution in [0.5, 0.6) is 5.75 Å². The maximum Gasteiger partial charge on any atom is 0.226 e. The predicted molar refractivity (Wildman–Crippen MR) is 132 cm³/mol. The molecule has 0 aliphatic heterocycles. The van der Waals surface area contributed by atoms with Crippen LogP contribution in [0.25, 0.3) is 22.2 Å². The molecule has 0 spiro atoms. The maximum atomic E-state index is 13.5. The SMILES string of the molecule is COCCN(Cc1cc2ccc(OC)cc2nc1-c1cccc(C)c1)C(=O)C1CCCCC1. The van der Waals surface area contributed by atoms with E-state index in [0.717, 1.165) is 59.2 Å². The summed E-state index contributed by atoms with van der Waals surface area (Å²) in [6.45, 7) is 3.72. The van der Waals surface area contributed by atoms with E-state index in [-0.39, 0.29) is 11.8 Å². The molecule has 1 aliphatic carbocycles. The van der Waals surface area contributed by atoms with Crippen molar-refractivity contribution in [2.45, 2.75) is 45.6 Å². The highest BCUT2D eigenvalue weighted by Gasteiger charge is 2.27. The van der Waals surface area contributed by atoms with Crippen LogP contribution in [0.3, 0.4) is 0 Å². The average Bonchev–Trinajstić information content (AvgIpc) is 2.85. The van der Waals surface area contributed by atoms with Crippen LogP contribution < -0.4 is 4.74 Å². The Balaban J connectivity index is 1.75. The number of carbonyl (C=O) groups is 1. The van der Waals surface area contributed by atoms with Gasteiger partial charge in [-0.3, -0.25) is 4.79 Å². The van der Waals surface area contributed by atoms with E-state index in [4.69, 9.17) is 14.5 Å². The minimum absolute atomic E-state index is 0.121. The lowest BCUT2D eigenvalue weighted by atomic mass is 9.88. The van der Waals surface area contributed by atoms with Crippen molar-refractivity contribution in [2.24, 2.45) is 5.92 Å². The normalized spacial score (nSPS) is 14.4. The monoisotopic (exact) mass is 446 g/mol. The smallest absolute Gasteiger partial charge is 0.226 e. The molecule has 1 aromatic heterocycles. The first-order chi connectivity index (χ1) is 16.1. The zero-order valence-electron chi connectivity index (χ0n) is 20.0. The second-order valence-corrected chi connectivity index (χ2v) is 9.01. The lowest BCUT2D eigenvalue weighted by Gasteiger charge is -2.30. The number of pyridine rings is 1. The second-order valence-electron chi connectivity index (χ2n) is 9.01. The summed E-state index contributed by atoms with van der Waals surface area (Å²) in [4.78, 5) is 20.5. The molecule has 2 aromatic carbocycles. The van der Waals surface area contributed by atoms with Gasteiger partial charge in [-0.05, 0) is 49.6 Å². The van der Waals surface area contributed by atoms with Crippen LogP contribution in [0.4, 0.5) is 0 Å². The summed E-state index contributed by atoms with van der Waals surface area (Å²) < 4.78 is 10.8. The minimum atomic E-state index is 0.121.